The SMILES string of the molecule is CCOC(=O)c1cc(C(=O)OCCCOc2ccccc2)cc([N+](=O)[O-])c1. The molecule has 27 heavy (non-hydrogen) atoms. The highest BCUT2D eigenvalue weighted by Gasteiger charge is 2.19. The largest absolute Gasteiger partial charge is 0.493 e. The minimum Gasteiger partial charge on any atom is -0.493 e. The van der Waals surface area contributed by atoms with Crippen molar-refractivity contribution in [2.24, 2.45) is 0 Å². The van der Waals surface area contributed by atoms with E-state index in [-0.39, 0.29) is 30.0 Å². The van der Waals surface area contributed by atoms with Gasteiger partial charge in [-0.2, -0.15) is 0 Å². The molecule has 0 amide bonds. The second-order valence-electron chi connectivity index (χ2n) is 5.40. The Bertz CT molecular complexity index is 805. The third-order valence-electron chi connectivity index (χ3n) is 3.41. The number of non-ortho nitro benzene ring substituents is 1. The fourth-order valence-corrected chi connectivity index (χ4v) is 2.18. The normalized spacial score (nSPS) is 10.1. The minimum atomic E-state index is -0.760. The number of nitro benzene ring substituents is 1. The summed E-state index contributed by atoms with van der Waals surface area (Å²) in [5.74, 6) is -0.794. The zero-order valence-electron chi connectivity index (χ0n) is 14.8. The molecule has 0 aliphatic rings. The van der Waals surface area contributed by atoms with Crippen LogP contribution in [0.25, 0.3) is 0 Å². The standard InChI is InChI=1S/C19H19NO7/c1-2-25-18(21)14-11-15(13-16(12-14)20(23)24)19(22)27-10-6-9-26-17-7-4-3-5-8-17/h3-5,7-8,11-13H,2,6,9-10H2,1H3. The van der Waals surface area contributed by atoms with Crippen LogP contribution < -0.4 is 4.74 Å². The lowest BCUT2D eigenvalue weighted by Crippen LogP contribution is -2.12. The van der Waals surface area contributed by atoms with E-state index in [1.54, 1.807) is 6.92 Å². The fourth-order valence-electron chi connectivity index (χ4n) is 2.18. The number of rotatable bonds is 9. The number of carbonyl (C=O) groups is 2. The first kappa shape index (κ1) is 19.9. The summed E-state index contributed by atoms with van der Waals surface area (Å²) in [6, 6.07) is 12.5. The van der Waals surface area contributed by atoms with E-state index in [2.05, 4.69) is 0 Å². The van der Waals surface area contributed by atoms with Crippen molar-refractivity contribution in [2.45, 2.75) is 13.3 Å². The number of hydrogen-bond donors (Lipinski definition) is 0. The van der Waals surface area contributed by atoms with Crippen molar-refractivity contribution in [1.82, 2.24) is 0 Å². The van der Waals surface area contributed by atoms with E-state index in [1.807, 2.05) is 30.3 Å². The zero-order valence-corrected chi connectivity index (χ0v) is 14.8. The van der Waals surface area contributed by atoms with Crippen LogP contribution in [-0.4, -0.2) is 36.7 Å². The maximum atomic E-state index is 12.1. The monoisotopic (exact) mass is 373 g/mol. The van der Waals surface area contributed by atoms with Gasteiger partial charge in [-0.05, 0) is 25.1 Å². The summed E-state index contributed by atoms with van der Waals surface area (Å²) in [5, 5.41) is 11.0. The Morgan fingerprint density at radius 1 is 0.963 bits per heavy atom. The highest BCUT2D eigenvalue weighted by atomic mass is 16.6. The van der Waals surface area contributed by atoms with E-state index in [1.165, 1.54) is 6.07 Å². The summed E-state index contributed by atoms with van der Waals surface area (Å²) >= 11 is 0. The third kappa shape index (κ3) is 6.10. The second kappa shape index (κ2) is 9.91. The number of nitro groups is 1. The predicted molar refractivity (Wildman–Crippen MR) is 95.9 cm³/mol. The fraction of sp³-hybridized carbons (Fsp3) is 0.263. The number of para-hydroxylation sites is 1. The van der Waals surface area contributed by atoms with Gasteiger partial charge in [0.25, 0.3) is 5.69 Å². The van der Waals surface area contributed by atoms with Gasteiger partial charge in [0.05, 0.1) is 35.9 Å². The molecule has 0 bridgehead atoms. The van der Waals surface area contributed by atoms with E-state index < -0.39 is 16.9 Å². The molecule has 0 unspecified atom stereocenters. The van der Waals surface area contributed by atoms with Crippen molar-refractivity contribution in [3.8, 4) is 5.75 Å². The molecule has 2 rings (SSSR count). The van der Waals surface area contributed by atoms with Crippen LogP contribution in [0.1, 0.15) is 34.1 Å². The van der Waals surface area contributed by atoms with Crippen LogP contribution in [0.15, 0.2) is 48.5 Å². The molecule has 0 atom stereocenters. The van der Waals surface area contributed by atoms with Gasteiger partial charge in [0, 0.05) is 18.6 Å². The summed E-state index contributed by atoms with van der Waals surface area (Å²) in [7, 11) is 0. The molecule has 2 aromatic carbocycles. The zero-order chi connectivity index (χ0) is 19.6. The third-order valence-corrected chi connectivity index (χ3v) is 3.41. The summed E-state index contributed by atoms with van der Waals surface area (Å²) in [6.45, 7) is 2.15. The van der Waals surface area contributed by atoms with Gasteiger partial charge in [0.15, 0.2) is 0 Å². The Kier molecular flexibility index (Phi) is 7.30. The molecule has 0 saturated carbocycles. The molecule has 8 nitrogen and oxygen atoms in total. The maximum Gasteiger partial charge on any atom is 0.338 e. The molecule has 0 aromatic heterocycles. The highest BCUT2D eigenvalue weighted by Crippen LogP contribution is 2.19. The molecule has 0 heterocycles. The van der Waals surface area contributed by atoms with Gasteiger partial charge in [0.2, 0.25) is 0 Å². The molecule has 0 saturated heterocycles. The average Bonchev–Trinajstić information content (AvgIpc) is 2.68. The molecule has 0 radical (unpaired) electrons. The van der Waals surface area contributed by atoms with Crippen LogP contribution >= 0.6 is 0 Å². The number of esters is 2. The topological polar surface area (TPSA) is 105 Å². The van der Waals surface area contributed by atoms with Crippen LogP contribution in [-0.2, 0) is 9.47 Å². The Balaban J connectivity index is 1.94. The van der Waals surface area contributed by atoms with E-state index in [0.717, 1.165) is 12.1 Å². The molecular formula is C19H19NO7. The van der Waals surface area contributed by atoms with Gasteiger partial charge in [-0.3, -0.25) is 10.1 Å². The molecule has 0 aliphatic carbocycles. The summed E-state index contributed by atoms with van der Waals surface area (Å²) < 4.78 is 15.4. The number of ether oxygens (including phenoxy) is 3. The van der Waals surface area contributed by atoms with E-state index in [4.69, 9.17) is 14.2 Å². The summed E-state index contributed by atoms with van der Waals surface area (Å²) in [6.07, 6.45) is 0.445. The number of carbonyl (C=O) groups excluding carboxylic acids is 2. The number of hydrogen-bond acceptors (Lipinski definition) is 7. The van der Waals surface area contributed by atoms with Gasteiger partial charge in [-0.15, -0.1) is 0 Å². The van der Waals surface area contributed by atoms with Gasteiger partial charge in [-0.1, -0.05) is 18.2 Å². The van der Waals surface area contributed by atoms with Crippen LogP contribution in [0.5, 0.6) is 5.75 Å². The van der Waals surface area contributed by atoms with E-state index in [0.29, 0.717) is 18.8 Å². The van der Waals surface area contributed by atoms with Crippen LogP contribution in [0.3, 0.4) is 0 Å². The minimum absolute atomic E-state index is 0.0725. The van der Waals surface area contributed by atoms with Crippen LogP contribution in [0.4, 0.5) is 5.69 Å². The molecule has 0 spiro atoms. The Labute approximate surface area is 155 Å². The molecular weight excluding hydrogens is 354 g/mol. The summed E-state index contributed by atoms with van der Waals surface area (Å²) in [5.41, 5.74) is -0.554. The highest BCUT2D eigenvalue weighted by molar-refractivity contribution is 5.96. The molecule has 8 heteroatoms. The lowest BCUT2D eigenvalue weighted by molar-refractivity contribution is -0.384. The van der Waals surface area contributed by atoms with Gasteiger partial charge >= 0.3 is 11.9 Å². The molecule has 0 fully saturated rings. The average molecular weight is 373 g/mol. The van der Waals surface area contributed by atoms with Crippen molar-refractivity contribution >= 4 is 17.6 Å². The molecule has 0 aliphatic heterocycles. The van der Waals surface area contributed by atoms with Crippen molar-refractivity contribution in [3.05, 3.63) is 69.8 Å². The Morgan fingerprint density at radius 2 is 1.59 bits per heavy atom. The molecule has 142 valence electrons. The van der Waals surface area contributed by atoms with Crippen molar-refractivity contribution in [1.29, 1.82) is 0 Å². The maximum absolute atomic E-state index is 12.1. The lowest BCUT2D eigenvalue weighted by Gasteiger charge is -2.08. The Morgan fingerprint density at radius 3 is 2.19 bits per heavy atom. The van der Waals surface area contributed by atoms with Crippen molar-refractivity contribution in [2.75, 3.05) is 19.8 Å². The van der Waals surface area contributed by atoms with E-state index >= 15 is 0 Å². The quantitative estimate of drug-likeness (QED) is 0.287. The molecule has 2 aromatic rings. The second-order valence-corrected chi connectivity index (χ2v) is 5.40. The first-order valence-corrected chi connectivity index (χ1v) is 8.33. The van der Waals surface area contributed by atoms with Crippen molar-refractivity contribution < 1.29 is 28.7 Å². The van der Waals surface area contributed by atoms with Gasteiger partial charge in [0.1, 0.15) is 5.75 Å². The first-order valence-electron chi connectivity index (χ1n) is 8.33. The summed E-state index contributed by atoms with van der Waals surface area (Å²) in [4.78, 5) is 34.3. The Hall–Kier alpha value is -3.42. The van der Waals surface area contributed by atoms with Gasteiger partial charge < -0.3 is 14.2 Å². The smallest absolute Gasteiger partial charge is 0.338 e. The number of nitrogens with zero attached hydrogens (tertiary/aromatic N) is 1. The van der Waals surface area contributed by atoms with Gasteiger partial charge in [-0.25, -0.2) is 9.59 Å². The van der Waals surface area contributed by atoms with Crippen LogP contribution in [0.2, 0.25) is 0 Å². The van der Waals surface area contributed by atoms with Crippen LogP contribution in [0, 0.1) is 10.1 Å². The van der Waals surface area contributed by atoms with E-state index in [9.17, 15) is 19.7 Å². The first-order chi connectivity index (χ1) is 13.0. The molecule has 0 N–H and O–H groups in total. The number of benzene rings is 2. The lowest BCUT2D eigenvalue weighted by atomic mass is 10.1. The van der Waals surface area contributed by atoms with Crippen molar-refractivity contribution in [3.63, 3.8) is 0 Å². The predicted octanol–water partition coefficient (Wildman–Crippen LogP) is 3.40.